The largest absolute Gasteiger partial charge is 0.460 e. The van der Waals surface area contributed by atoms with Crippen molar-refractivity contribution in [3.8, 4) is 0 Å². The van der Waals surface area contributed by atoms with Crippen molar-refractivity contribution in [1.82, 2.24) is 9.97 Å². The molecule has 0 bridgehead atoms. The van der Waals surface area contributed by atoms with Crippen LogP contribution >= 0.6 is 23.5 Å². The lowest BCUT2D eigenvalue weighted by Gasteiger charge is -2.39. The summed E-state index contributed by atoms with van der Waals surface area (Å²) in [5, 5.41) is 0. The summed E-state index contributed by atoms with van der Waals surface area (Å²) in [6.45, 7) is 11.1. The Labute approximate surface area is 450 Å². The Morgan fingerprint density at radius 2 is 0.738 bits per heavy atom. The van der Waals surface area contributed by atoms with Gasteiger partial charge in [0.05, 0.1) is 0 Å². The number of hydrogen-bond donors (Lipinski definition) is 0. The van der Waals surface area contributed by atoms with E-state index in [4.69, 9.17) is 0 Å². The van der Waals surface area contributed by atoms with Gasteiger partial charge in [-0.3, -0.25) is 9.97 Å². The molecule has 0 radical (unpaired) electrons. The van der Waals surface area contributed by atoms with Crippen LogP contribution in [0.3, 0.4) is 0 Å². The molecule has 0 aliphatic carbocycles. The molecule has 4 rings (SSSR count). The highest BCUT2D eigenvalue weighted by Crippen LogP contribution is 2.62. The van der Waals surface area contributed by atoms with Crippen molar-refractivity contribution in [2.45, 2.75) is 134 Å². The maximum absolute atomic E-state index is 13.9. The maximum atomic E-state index is 13.9. The average Bonchev–Trinajstić information content (AvgIpc) is 3.38. The third kappa shape index (κ3) is 15.8. The number of hydrogen-bond acceptors (Lipinski definition) is 4. The lowest BCUT2D eigenvalue weighted by atomic mass is 9.85. The molecule has 0 N–H and O–H groups in total. The summed E-state index contributed by atoms with van der Waals surface area (Å²) < 4.78 is 340. The summed E-state index contributed by atoms with van der Waals surface area (Å²) in [5.41, 5.74) is 4.85. The normalized spacial score (nSPS) is 14.5. The molecule has 4 aromatic rings. The molecule has 0 amide bonds. The topological polar surface area (TPSA) is 25.8 Å². The first-order valence-electron chi connectivity index (χ1n) is 22.6. The first-order valence-corrected chi connectivity index (χ1v) is 24.9. The molecule has 2 nitrogen and oxygen atoms in total. The Morgan fingerprint density at radius 3 is 1.05 bits per heavy atom. The third-order valence-corrected chi connectivity index (χ3v) is 13.7. The maximum Gasteiger partial charge on any atom is 0.460 e. The molecule has 30 heteroatoms. The van der Waals surface area contributed by atoms with Gasteiger partial charge >= 0.3 is 71.6 Å². The molecule has 0 saturated carbocycles. The molecule has 0 aliphatic heterocycles. The molecule has 0 saturated heterocycles. The summed E-state index contributed by atoms with van der Waals surface area (Å²) in [6.07, 6.45) is -7.38. The van der Waals surface area contributed by atoms with Crippen LogP contribution in [0.1, 0.15) is 86.2 Å². The van der Waals surface area contributed by atoms with Crippen LogP contribution < -0.4 is 0 Å². The van der Waals surface area contributed by atoms with Gasteiger partial charge in [-0.2, -0.15) is 138 Å². The van der Waals surface area contributed by atoms with Crippen molar-refractivity contribution in [3.05, 3.63) is 144 Å². The highest BCUT2D eigenvalue weighted by Gasteiger charge is 2.92. The fraction of sp³-hybridized carbons (Fsp3) is 0.480. The van der Waals surface area contributed by atoms with Crippen LogP contribution in [-0.4, -0.2) is 93.1 Å². The Bertz CT molecular complexity index is 2530. The standard InChI is InChI=1S/C26H26F13NS.C17H13F13S.C7H7N.H2/c1-3-18(20-8-11-40-12-9-20)14-16(2)19-6-4-17(5-7-19)15-41-13-10-21(27,28)22(29,30)23(31,32)24(33,34)25(35,36)26(37,38)39;1-2-10-3-5-11(6-4-10)9-31-8-7-12(18,19)13(20,21)14(22,23)15(24,25)16(26,27)17(28,29)30;1-2-7-3-5-8-6-4-7;/h4-9,11-12,16,18H,3,10,13-15H2,1-2H3;2-6H,1,7-9H2;2-6H,1H2;1H/i;;;1+1. The summed E-state index contributed by atoms with van der Waals surface area (Å²) in [4.78, 5) is 7.84. The molecule has 80 heavy (non-hydrogen) atoms. The number of halogens is 26. The summed E-state index contributed by atoms with van der Waals surface area (Å²) in [7, 11) is 0. The van der Waals surface area contributed by atoms with Gasteiger partial charge in [-0.15, -0.1) is 0 Å². The molecule has 2 atom stereocenters. The van der Waals surface area contributed by atoms with Crippen molar-refractivity contribution in [3.63, 3.8) is 0 Å². The van der Waals surface area contributed by atoms with Gasteiger partial charge in [-0.25, -0.2) is 0 Å². The van der Waals surface area contributed by atoms with E-state index in [1.165, 1.54) is 18.2 Å². The van der Waals surface area contributed by atoms with Crippen LogP contribution in [0.25, 0.3) is 12.2 Å². The number of thioether (sulfide) groups is 2. The number of pyridine rings is 2. The highest BCUT2D eigenvalue weighted by atomic mass is 32.2. The van der Waals surface area contributed by atoms with Gasteiger partial charge in [-0.05, 0) is 93.8 Å². The van der Waals surface area contributed by atoms with E-state index in [2.05, 4.69) is 23.1 Å². The highest BCUT2D eigenvalue weighted by molar-refractivity contribution is 7.98. The second-order valence-electron chi connectivity index (χ2n) is 17.3. The van der Waals surface area contributed by atoms with Crippen LogP contribution in [0, 0.1) is 0 Å². The SMILES string of the molecule is C=Cc1ccc(CSCCC(F)(F)C(F)(F)C(F)(F)C(F)(F)C(F)(F)C(F)(F)F)cc1.C=Cc1ccncc1.CCC(CC(C)c1ccc(CSCCC(F)(F)C(F)(F)C(F)(F)C(F)(F)C(F)(F)C(F)(F)F)cc1)c1ccncc1.[2HH]. The predicted octanol–water partition coefficient (Wildman–Crippen LogP) is 19.8. The average molecular weight is 1240 g/mol. The van der Waals surface area contributed by atoms with E-state index in [9.17, 15) is 114 Å². The van der Waals surface area contributed by atoms with Crippen molar-refractivity contribution in [1.29, 1.82) is 0 Å². The Balaban J connectivity index is 0.000000721. The van der Waals surface area contributed by atoms with Gasteiger partial charge in [0.2, 0.25) is 0 Å². The van der Waals surface area contributed by atoms with Crippen LogP contribution in [0.15, 0.2) is 111 Å². The zero-order valence-electron chi connectivity index (χ0n) is 41.2. The fourth-order valence-corrected chi connectivity index (χ4v) is 8.57. The first kappa shape index (κ1) is 71.2. The zero-order valence-corrected chi connectivity index (χ0v) is 42.8. The molecule has 452 valence electrons. The minimum atomic E-state index is -7.87. The molecule has 0 fully saturated rings. The van der Waals surface area contributed by atoms with Gasteiger partial charge in [0.25, 0.3) is 0 Å². The minimum Gasteiger partial charge on any atom is -0.265 e. The van der Waals surface area contributed by atoms with Crippen molar-refractivity contribution in [2.24, 2.45) is 0 Å². The van der Waals surface area contributed by atoms with E-state index < -0.39 is 95.9 Å². The Hall–Kier alpha value is -4.90. The van der Waals surface area contributed by atoms with E-state index in [0.29, 0.717) is 40.2 Å². The monoisotopic (exact) mass is 1240 g/mol. The van der Waals surface area contributed by atoms with E-state index in [1.54, 1.807) is 67.3 Å². The Kier molecular flexibility index (Phi) is 24.0. The predicted molar refractivity (Wildman–Crippen MR) is 253 cm³/mol. The molecule has 2 unspecified atom stereocenters. The van der Waals surface area contributed by atoms with Crippen LogP contribution in [0.4, 0.5) is 114 Å². The van der Waals surface area contributed by atoms with Gasteiger partial charge < -0.3 is 0 Å². The molecular formula is C50H48F26N2S2. The van der Waals surface area contributed by atoms with Gasteiger partial charge in [0.1, 0.15) is 0 Å². The van der Waals surface area contributed by atoms with Crippen molar-refractivity contribution < 1.29 is 116 Å². The van der Waals surface area contributed by atoms with Gasteiger partial charge in [-0.1, -0.05) is 87.7 Å². The van der Waals surface area contributed by atoms with Crippen LogP contribution in [-0.2, 0) is 11.5 Å². The van der Waals surface area contributed by atoms with Crippen molar-refractivity contribution in [2.75, 3.05) is 11.5 Å². The second-order valence-corrected chi connectivity index (χ2v) is 19.5. The smallest absolute Gasteiger partial charge is 0.265 e. The molecule has 2 aromatic carbocycles. The molecule has 2 heterocycles. The van der Waals surface area contributed by atoms with Gasteiger partial charge in [0.15, 0.2) is 0 Å². The number of benzene rings is 2. The van der Waals surface area contributed by atoms with Crippen LogP contribution in [0.2, 0.25) is 0 Å². The van der Waals surface area contributed by atoms with E-state index in [1.807, 2.05) is 38.1 Å². The quantitative estimate of drug-likeness (QED) is 0.0488. The number of aromatic nitrogens is 2. The van der Waals surface area contributed by atoms with Crippen molar-refractivity contribution >= 4 is 35.7 Å². The number of rotatable bonds is 25. The number of nitrogens with zero attached hydrogens (tertiary/aromatic N) is 2. The molecule has 0 spiro atoms. The first-order chi connectivity index (χ1) is 36.3. The minimum absolute atomic E-state index is 0. The van der Waals surface area contributed by atoms with Crippen LogP contribution in [0.5, 0.6) is 0 Å². The lowest BCUT2D eigenvalue weighted by molar-refractivity contribution is -0.439. The second kappa shape index (κ2) is 27.0. The van der Waals surface area contributed by atoms with E-state index >= 15 is 0 Å². The molecular weight excluding hydrogens is 1190 g/mol. The summed E-state index contributed by atoms with van der Waals surface area (Å²) in [6, 6.07) is 20.5. The third-order valence-electron chi connectivity index (χ3n) is 11.7. The summed E-state index contributed by atoms with van der Waals surface area (Å²) in [5.74, 6) is -75.0. The van der Waals surface area contributed by atoms with E-state index in [0.717, 1.165) is 29.5 Å². The fourth-order valence-electron chi connectivity index (χ4n) is 6.63. The zero-order chi connectivity index (χ0) is 61.8. The Morgan fingerprint density at radius 1 is 0.425 bits per heavy atom. The summed E-state index contributed by atoms with van der Waals surface area (Å²) >= 11 is 1.01. The number of alkyl halides is 26. The van der Waals surface area contributed by atoms with E-state index in [-0.39, 0.29) is 24.8 Å². The molecule has 2 aromatic heterocycles. The lowest BCUT2D eigenvalue weighted by Crippen LogP contribution is -2.70. The molecule has 0 aliphatic rings. The van der Waals surface area contributed by atoms with Gasteiger partial charge in [0, 0.05) is 50.6 Å².